The van der Waals surface area contributed by atoms with E-state index < -0.39 is 5.97 Å². The summed E-state index contributed by atoms with van der Waals surface area (Å²) in [5.74, 6) is 1.57. The Labute approximate surface area is 157 Å². The molecule has 2 bridgehead atoms. The van der Waals surface area contributed by atoms with Gasteiger partial charge >= 0.3 is 5.97 Å². The highest BCUT2D eigenvalue weighted by Crippen LogP contribution is 2.51. The van der Waals surface area contributed by atoms with Crippen molar-refractivity contribution in [3.8, 4) is 0 Å². The van der Waals surface area contributed by atoms with Crippen LogP contribution in [0.25, 0.3) is 0 Å². The largest absolute Gasteiger partial charge is 0.481 e. The number of hydrogen-bond donors (Lipinski definition) is 1. The lowest BCUT2D eigenvalue weighted by atomic mass is 9.84. The summed E-state index contributed by atoms with van der Waals surface area (Å²) in [6, 6.07) is 10.6. The summed E-state index contributed by atoms with van der Waals surface area (Å²) in [5, 5.41) is 8.68. The Morgan fingerprint density at radius 2 is 1.92 bits per heavy atom. The molecule has 0 amide bonds. The van der Waals surface area contributed by atoms with Crippen molar-refractivity contribution in [3.05, 3.63) is 48.0 Å². The van der Waals surface area contributed by atoms with Crippen molar-refractivity contribution in [2.45, 2.75) is 63.9 Å². The van der Waals surface area contributed by atoms with Gasteiger partial charge in [0.1, 0.15) is 0 Å². The molecule has 26 heavy (non-hydrogen) atoms. The van der Waals surface area contributed by atoms with E-state index in [-0.39, 0.29) is 6.42 Å². The van der Waals surface area contributed by atoms with Crippen LogP contribution in [0.15, 0.2) is 42.5 Å². The van der Waals surface area contributed by atoms with Gasteiger partial charge in [-0.15, -0.1) is 0 Å². The molecule has 2 saturated carbocycles. The molecule has 1 aromatic carbocycles. The summed E-state index contributed by atoms with van der Waals surface area (Å²) in [4.78, 5) is 10.5. The van der Waals surface area contributed by atoms with Crippen LogP contribution in [0.5, 0.6) is 0 Å². The van der Waals surface area contributed by atoms with Gasteiger partial charge in [0.25, 0.3) is 0 Å². The maximum atomic E-state index is 10.5. The monoisotopic (exact) mass is 356 g/mol. The second kappa shape index (κ2) is 9.91. The number of hydrogen-bond acceptors (Lipinski definition) is 2. The average Bonchev–Trinajstić information content (AvgIpc) is 3.24. The van der Waals surface area contributed by atoms with Crippen molar-refractivity contribution in [2.24, 2.45) is 17.8 Å². The van der Waals surface area contributed by atoms with E-state index >= 15 is 0 Å². The Morgan fingerprint density at radius 3 is 2.73 bits per heavy atom. The number of carboxylic acids is 1. The third kappa shape index (κ3) is 5.44. The van der Waals surface area contributed by atoms with E-state index in [9.17, 15) is 4.79 Å². The Morgan fingerprint density at radius 1 is 1.12 bits per heavy atom. The molecule has 2 aliphatic carbocycles. The van der Waals surface area contributed by atoms with Gasteiger partial charge in [0, 0.05) is 13.0 Å². The lowest BCUT2D eigenvalue weighted by molar-refractivity contribution is -0.137. The number of ether oxygens (including phenoxy) is 1. The lowest BCUT2D eigenvalue weighted by Gasteiger charge is -2.30. The van der Waals surface area contributed by atoms with Gasteiger partial charge in [0.15, 0.2) is 0 Å². The van der Waals surface area contributed by atoms with Crippen LogP contribution >= 0.6 is 0 Å². The predicted molar refractivity (Wildman–Crippen MR) is 104 cm³/mol. The van der Waals surface area contributed by atoms with Crippen LogP contribution in [0.1, 0.15) is 56.9 Å². The molecule has 2 aliphatic rings. The Balaban J connectivity index is 1.39. The number of rotatable bonds is 11. The van der Waals surface area contributed by atoms with Gasteiger partial charge in [-0.05, 0) is 74.7 Å². The summed E-state index contributed by atoms with van der Waals surface area (Å²) in [6.07, 6.45) is 14.1. The number of benzene rings is 1. The molecule has 142 valence electrons. The van der Waals surface area contributed by atoms with Crippen LogP contribution < -0.4 is 0 Å². The third-order valence-corrected chi connectivity index (χ3v) is 6.11. The van der Waals surface area contributed by atoms with E-state index in [1.54, 1.807) is 0 Å². The molecule has 1 aromatic rings. The van der Waals surface area contributed by atoms with E-state index in [1.165, 1.54) is 24.8 Å². The Kier molecular flexibility index (Phi) is 7.31. The standard InChI is InChI=1S/C23H32O3/c24-22(25)13-7-2-1-6-12-21-19-14-15-20(17-19)23(21)26-16-8-11-18-9-4-3-5-10-18/h1,3-6,9-10,19-21,23H,2,7-8,11-17H2,(H,24,25)/b6-1-/t19-,20+,21-,23+/m0/s1. The number of allylic oxidation sites excluding steroid dienone is 2. The molecule has 0 unspecified atom stereocenters. The SMILES string of the molecule is O=C(O)CCC/C=C\C[C@H]1[C@H]2CC[C@H](C2)[C@H]1OCCCc1ccccc1. The fourth-order valence-electron chi connectivity index (χ4n) is 4.83. The highest BCUT2D eigenvalue weighted by atomic mass is 16.5. The van der Waals surface area contributed by atoms with E-state index in [4.69, 9.17) is 9.84 Å². The zero-order valence-corrected chi connectivity index (χ0v) is 15.7. The van der Waals surface area contributed by atoms with E-state index in [0.29, 0.717) is 12.0 Å². The molecule has 2 fully saturated rings. The maximum Gasteiger partial charge on any atom is 0.303 e. The minimum Gasteiger partial charge on any atom is -0.481 e. The van der Waals surface area contributed by atoms with Gasteiger partial charge in [0.05, 0.1) is 6.10 Å². The molecule has 0 radical (unpaired) electrons. The number of aryl methyl sites for hydroxylation is 1. The zero-order chi connectivity index (χ0) is 18.2. The second-order valence-corrected chi connectivity index (χ2v) is 7.91. The van der Waals surface area contributed by atoms with Crippen LogP contribution in [-0.2, 0) is 16.0 Å². The molecule has 0 saturated heterocycles. The molecular formula is C23H32O3. The summed E-state index contributed by atoms with van der Waals surface area (Å²) in [5.41, 5.74) is 1.39. The first kappa shape index (κ1) is 19.2. The Bertz CT molecular complexity index is 580. The first-order valence-electron chi connectivity index (χ1n) is 10.3. The molecule has 3 rings (SSSR count). The fourth-order valence-corrected chi connectivity index (χ4v) is 4.83. The lowest BCUT2D eigenvalue weighted by Crippen LogP contribution is -2.30. The van der Waals surface area contributed by atoms with Gasteiger partial charge in [-0.25, -0.2) is 0 Å². The summed E-state index contributed by atoms with van der Waals surface area (Å²) in [7, 11) is 0. The first-order chi connectivity index (χ1) is 12.7. The van der Waals surface area contributed by atoms with Crippen molar-refractivity contribution in [2.75, 3.05) is 6.61 Å². The maximum absolute atomic E-state index is 10.5. The van der Waals surface area contributed by atoms with Gasteiger partial charge in [0.2, 0.25) is 0 Å². The number of fused-ring (bicyclic) bond motifs is 2. The van der Waals surface area contributed by atoms with Gasteiger partial charge in [-0.2, -0.15) is 0 Å². The molecule has 0 spiro atoms. The molecule has 0 aliphatic heterocycles. The predicted octanol–water partition coefficient (Wildman–Crippen LogP) is 5.25. The Hall–Kier alpha value is -1.61. The average molecular weight is 357 g/mol. The topological polar surface area (TPSA) is 46.5 Å². The van der Waals surface area contributed by atoms with E-state index in [1.807, 2.05) is 0 Å². The number of carbonyl (C=O) groups is 1. The number of unbranched alkanes of at least 4 members (excludes halogenated alkanes) is 1. The van der Waals surface area contributed by atoms with Crippen LogP contribution in [0.2, 0.25) is 0 Å². The number of aliphatic carboxylic acids is 1. The zero-order valence-electron chi connectivity index (χ0n) is 15.7. The van der Waals surface area contributed by atoms with Crippen molar-refractivity contribution in [1.29, 1.82) is 0 Å². The van der Waals surface area contributed by atoms with Gasteiger partial charge < -0.3 is 9.84 Å². The molecule has 4 atom stereocenters. The van der Waals surface area contributed by atoms with Crippen LogP contribution in [0.4, 0.5) is 0 Å². The summed E-state index contributed by atoms with van der Waals surface area (Å²) < 4.78 is 6.37. The quantitative estimate of drug-likeness (QED) is 0.435. The van der Waals surface area contributed by atoms with Crippen LogP contribution in [0, 0.1) is 17.8 Å². The highest BCUT2D eigenvalue weighted by molar-refractivity contribution is 5.66. The van der Waals surface area contributed by atoms with Gasteiger partial charge in [-0.3, -0.25) is 4.79 Å². The van der Waals surface area contributed by atoms with E-state index in [2.05, 4.69) is 42.5 Å². The molecule has 0 heterocycles. The first-order valence-corrected chi connectivity index (χ1v) is 10.3. The minimum atomic E-state index is -0.699. The molecule has 3 heteroatoms. The summed E-state index contributed by atoms with van der Waals surface area (Å²) in [6.45, 7) is 0.863. The molecular weight excluding hydrogens is 324 g/mol. The second-order valence-electron chi connectivity index (χ2n) is 7.91. The smallest absolute Gasteiger partial charge is 0.303 e. The normalized spacial score (nSPS) is 27.4. The van der Waals surface area contributed by atoms with Crippen molar-refractivity contribution in [3.63, 3.8) is 0 Å². The van der Waals surface area contributed by atoms with Crippen LogP contribution in [0.3, 0.4) is 0 Å². The van der Waals surface area contributed by atoms with Crippen molar-refractivity contribution < 1.29 is 14.6 Å². The summed E-state index contributed by atoms with van der Waals surface area (Å²) >= 11 is 0. The molecule has 0 aromatic heterocycles. The fraction of sp³-hybridized carbons (Fsp3) is 0.609. The van der Waals surface area contributed by atoms with Crippen molar-refractivity contribution in [1.82, 2.24) is 0 Å². The van der Waals surface area contributed by atoms with Gasteiger partial charge in [-0.1, -0.05) is 42.5 Å². The molecule has 3 nitrogen and oxygen atoms in total. The minimum absolute atomic E-state index is 0.269. The van der Waals surface area contributed by atoms with E-state index in [0.717, 1.165) is 50.5 Å². The molecule has 1 N–H and O–H groups in total. The number of carboxylic acid groups (broad SMARTS) is 1. The van der Waals surface area contributed by atoms with Crippen LogP contribution in [-0.4, -0.2) is 23.8 Å². The third-order valence-electron chi connectivity index (χ3n) is 6.11. The highest BCUT2D eigenvalue weighted by Gasteiger charge is 2.47. The van der Waals surface area contributed by atoms with Crippen molar-refractivity contribution >= 4 is 5.97 Å².